The maximum atomic E-state index is 13.4. The Morgan fingerprint density at radius 2 is 1.71 bits per heavy atom. The molecule has 2 aliphatic rings. The standard InChI is InChI=1S/C25H22N2O4/c28-23-13-19-8-4-5-9-20(19)24(27(23)15-17-6-2-1-3-7-17)25(29)26-14-18-10-11-21-22(12-18)31-16-30-21/h1-12,24H,13-16H2,(H,26,29)/t24-/m0/s1. The van der Waals surface area contributed by atoms with E-state index in [4.69, 9.17) is 9.47 Å². The summed E-state index contributed by atoms with van der Waals surface area (Å²) in [5, 5.41) is 3.01. The molecule has 3 aromatic carbocycles. The first kappa shape index (κ1) is 19.2. The first-order valence-electron chi connectivity index (χ1n) is 10.3. The van der Waals surface area contributed by atoms with Crippen molar-refractivity contribution in [3.05, 3.63) is 95.1 Å². The number of carbonyl (C=O) groups is 2. The van der Waals surface area contributed by atoms with Crippen LogP contribution in [0.1, 0.15) is 28.3 Å². The van der Waals surface area contributed by atoms with Gasteiger partial charge in [-0.2, -0.15) is 0 Å². The highest BCUT2D eigenvalue weighted by molar-refractivity contribution is 5.92. The smallest absolute Gasteiger partial charge is 0.247 e. The van der Waals surface area contributed by atoms with Gasteiger partial charge in [0.25, 0.3) is 0 Å². The van der Waals surface area contributed by atoms with Crippen molar-refractivity contribution < 1.29 is 19.1 Å². The van der Waals surface area contributed by atoms with E-state index in [2.05, 4.69) is 5.32 Å². The van der Waals surface area contributed by atoms with E-state index in [9.17, 15) is 9.59 Å². The van der Waals surface area contributed by atoms with Gasteiger partial charge < -0.3 is 19.7 Å². The van der Waals surface area contributed by atoms with Gasteiger partial charge in [-0.3, -0.25) is 9.59 Å². The molecule has 0 bridgehead atoms. The minimum Gasteiger partial charge on any atom is -0.454 e. The van der Waals surface area contributed by atoms with Gasteiger partial charge in [-0.15, -0.1) is 0 Å². The van der Waals surface area contributed by atoms with Crippen molar-refractivity contribution in [2.75, 3.05) is 6.79 Å². The fourth-order valence-corrected chi connectivity index (χ4v) is 4.12. The van der Waals surface area contributed by atoms with Crippen molar-refractivity contribution >= 4 is 11.8 Å². The van der Waals surface area contributed by atoms with Crippen molar-refractivity contribution in [1.82, 2.24) is 10.2 Å². The van der Waals surface area contributed by atoms with Crippen LogP contribution < -0.4 is 14.8 Å². The van der Waals surface area contributed by atoms with Crippen LogP contribution in [0.15, 0.2) is 72.8 Å². The zero-order chi connectivity index (χ0) is 21.2. The highest BCUT2D eigenvalue weighted by atomic mass is 16.7. The van der Waals surface area contributed by atoms with Gasteiger partial charge in [0.05, 0.1) is 6.42 Å². The quantitative estimate of drug-likeness (QED) is 0.695. The van der Waals surface area contributed by atoms with Crippen LogP contribution in [0.4, 0.5) is 0 Å². The molecule has 0 radical (unpaired) electrons. The lowest BCUT2D eigenvalue weighted by molar-refractivity contribution is -0.142. The van der Waals surface area contributed by atoms with E-state index in [1.807, 2.05) is 72.8 Å². The average Bonchev–Trinajstić information content (AvgIpc) is 3.26. The predicted molar refractivity (Wildman–Crippen MR) is 114 cm³/mol. The Hall–Kier alpha value is -3.80. The van der Waals surface area contributed by atoms with Crippen LogP contribution in [0.25, 0.3) is 0 Å². The van der Waals surface area contributed by atoms with Gasteiger partial charge in [0.2, 0.25) is 18.6 Å². The zero-order valence-electron chi connectivity index (χ0n) is 16.9. The fraction of sp³-hybridized carbons (Fsp3) is 0.200. The molecular formula is C25H22N2O4. The average molecular weight is 414 g/mol. The first-order chi connectivity index (χ1) is 15.2. The third-order valence-corrected chi connectivity index (χ3v) is 5.67. The molecule has 6 nitrogen and oxygen atoms in total. The van der Waals surface area contributed by atoms with Gasteiger partial charge in [0, 0.05) is 13.1 Å². The summed E-state index contributed by atoms with van der Waals surface area (Å²) in [6.45, 7) is 0.929. The van der Waals surface area contributed by atoms with Gasteiger partial charge in [-0.05, 0) is 34.4 Å². The van der Waals surface area contributed by atoms with Crippen LogP contribution in [0.3, 0.4) is 0 Å². The minimum absolute atomic E-state index is 0.0502. The predicted octanol–water partition coefficient (Wildman–Crippen LogP) is 3.36. The van der Waals surface area contributed by atoms with E-state index in [0.717, 1.165) is 22.3 Å². The van der Waals surface area contributed by atoms with Gasteiger partial charge in [0.15, 0.2) is 11.5 Å². The van der Waals surface area contributed by atoms with Crippen molar-refractivity contribution in [2.45, 2.75) is 25.6 Å². The lowest BCUT2D eigenvalue weighted by Gasteiger charge is -2.36. The number of hydrogen-bond donors (Lipinski definition) is 1. The van der Waals surface area contributed by atoms with Crippen molar-refractivity contribution in [1.29, 1.82) is 0 Å². The molecule has 0 spiro atoms. The summed E-state index contributed by atoms with van der Waals surface area (Å²) in [4.78, 5) is 28.0. The Morgan fingerprint density at radius 1 is 0.935 bits per heavy atom. The number of benzene rings is 3. The monoisotopic (exact) mass is 414 g/mol. The maximum absolute atomic E-state index is 13.4. The number of fused-ring (bicyclic) bond motifs is 2. The Balaban J connectivity index is 1.40. The van der Waals surface area contributed by atoms with E-state index in [1.54, 1.807) is 4.90 Å². The molecule has 0 saturated carbocycles. The second kappa shape index (κ2) is 8.14. The molecule has 6 heteroatoms. The van der Waals surface area contributed by atoms with E-state index in [0.29, 0.717) is 31.0 Å². The lowest BCUT2D eigenvalue weighted by atomic mass is 9.91. The molecule has 0 unspecified atom stereocenters. The molecule has 1 N–H and O–H groups in total. The molecule has 156 valence electrons. The lowest BCUT2D eigenvalue weighted by Crippen LogP contribution is -2.46. The zero-order valence-corrected chi connectivity index (χ0v) is 16.9. The molecule has 5 rings (SSSR count). The van der Waals surface area contributed by atoms with Crippen LogP contribution in [0, 0.1) is 0 Å². The largest absolute Gasteiger partial charge is 0.454 e. The Kier molecular flexibility index (Phi) is 5.04. The van der Waals surface area contributed by atoms with Crippen LogP contribution in [0.2, 0.25) is 0 Å². The topological polar surface area (TPSA) is 67.9 Å². The Labute approximate surface area is 180 Å². The molecule has 2 heterocycles. The molecule has 0 aliphatic carbocycles. The van der Waals surface area contributed by atoms with Gasteiger partial charge in [-0.1, -0.05) is 60.7 Å². The van der Waals surface area contributed by atoms with Crippen LogP contribution >= 0.6 is 0 Å². The number of nitrogens with zero attached hydrogens (tertiary/aromatic N) is 1. The van der Waals surface area contributed by atoms with Crippen LogP contribution in [0.5, 0.6) is 11.5 Å². The Morgan fingerprint density at radius 3 is 2.58 bits per heavy atom. The summed E-state index contributed by atoms with van der Waals surface area (Å²) in [5.41, 5.74) is 3.67. The normalized spacial score (nSPS) is 16.7. The van der Waals surface area contributed by atoms with Gasteiger partial charge in [0.1, 0.15) is 6.04 Å². The SMILES string of the molecule is O=C(NCc1ccc2c(c1)OCO2)[C@@H]1c2ccccc2CC(=O)N1Cc1ccccc1. The molecule has 0 aromatic heterocycles. The highest BCUT2D eigenvalue weighted by Crippen LogP contribution is 2.34. The van der Waals surface area contributed by atoms with E-state index < -0.39 is 6.04 Å². The number of amides is 2. The van der Waals surface area contributed by atoms with Crippen LogP contribution in [-0.4, -0.2) is 23.5 Å². The molecule has 2 aliphatic heterocycles. The van der Waals surface area contributed by atoms with Crippen molar-refractivity contribution in [3.63, 3.8) is 0 Å². The van der Waals surface area contributed by atoms with Crippen molar-refractivity contribution in [3.8, 4) is 11.5 Å². The third kappa shape index (κ3) is 3.84. The van der Waals surface area contributed by atoms with Gasteiger partial charge >= 0.3 is 0 Å². The summed E-state index contributed by atoms with van der Waals surface area (Å²) < 4.78 is 10.8. The molecule has 1 atom stereocenters. The molecule has 0 saturated heterocycles. The molecule has 3 aromatic rings. The summed E-state index contributed by atoms with van der Waals surface area (Å²) >= 11 is 0. The molecule has 0 fully saturated rings. The number of carbonyl (C=O) groups excluding carboxylic acids is 2. The second-order valence-corrected chi connectivity index (χ2v) is 7.69. The summed E-state index contributed by atoms with van der Waals surface area (Å²) in [5.74, 6) is 1.13. The minimum atomic E-state index is -0.674. The number of hydrogen-bond acceptors (Lipinski definition) is 4. The third-order valence-electron chi connectivity index (χ3n) is 5.67. The molecule has 2 amide bonds. The van der Waals surface area contributed by atoms with Crippen LogP contribution in [-0.2, 0) is 29.1 Å². The second-order valence-electron chi connectivity index (χ2n) is 7.69. The van der Waals surface area contributed by atoms with E-state index in [-0.39, 0.29) is 18.6 Å². The number of rotatable bonds is 5. The van der Waals surface area contributed by atoms with Crippen molar-refractivity contribution in [2.24, 2.45) is 0 Å². The molecule has 31 heavy (non-hydrogen) atoms. The summed E-state index contributed by atoms with van der Waals surface area (Å²) in [7, 11) is 0. The van der Waals surface area contributed by atoms with Gasteiger partial charge in [-0.25, -0.2) is 0 Å². The number of ether oxygens (including phenoxy) is 2. The number of nitrogens with one attached hydrogen (secondary N) is 1. The fourth-order valence-electron chi connectivity index (χ4n) is 4.12. The highest BCUT2D eigenvalue weighted by Gasteiger charge is 2.36. The van der Waals surface area contributed by atoms with E-state index >= 15 is 0 Å². The summed E-state index contributed by atoms with van der Waals surface area (Å²) in [6.07, 6.45) is 0.301. The molecular weight excluding hydrogens is 392 g/mol. The first-order valence-corrected chi connectivity index (χ1v) is 10.3. The maximum Gasteiger partial charge on any atom is 0.247 e. The van der Waals surface area contributed by atoms with E-state index in [1.165, 1.54) is 0 Å². The Bertz CT molecular complexity index is 1130. The summed E-state index contributed by atoms with van der Waals surface area (Å²) in [6, 6.07) is 22.3.